The van der Waals surface area contributed by atoms with Crippen LogP contribution in [-0.2, 0) is 16.0 Å². The van der Waals surface area contributed by atoms with E-state index in [1.165, 1.54) is 18.1 Å². The minimum atomic E-state index is -1.25. The van der Waals surface area contributed by atoms with E-state index >= 15 is 0 Å². The number of carboxylic acid groups (broad SMARTS) is 1. The summed E-state index contributed by atoms with van der Waals surface area (Å²) in [4.78, 5) is 22.6. The molecule has 0 amide bonds. The lowest BCUT2D eigenvalue weighted by Crippen LogP contribution is -2.46. The molecule has 5 nitrogen and oxygen atoms in total. The number of esters is 1. The number of carboxylic acids is 1. The second-order valence-electron chi connectivity index (χ2n) is 8.88. The predicted molar refractivity (Wildman–Crippen MR) is 99.5 cm³/mol. The van der Waals surface area contributed by atoms with Gasteiger partial charge in [-0.05, 0) is 85.0 Å². The molecule has 0 spiro atoms. The third-order valence-corrected chi connectivity index (χ3v) is 7.67. The minimum absolute atomic E-state index is 0.0891. The molecule has 1 unspecified atom stereocenters. The molecule has 146 valence electrons. The second-order valence-corrected chi connectivity index (χ2v) is 8.88. The summed E-state index contributed by atoms with van der Waals surface area (Å²) < 4.78 is 5.24. The first-order valence-electron chi connectivity index (χ1n) is 10.0. The fourth-order valence-electron chi connectivity index (χ4n) is 6.52. The Bertz CT molecular complexity index is 772. The topological polar surface area (TPSA) is 83.8 Å². The van der Waals surface area contributed by atoms with Gasteiger partial charge in [0, 0.05) is 12.8 Å². The van der Waals surface area contributed by atoms with Crippen molar-refractivity contribution in [2.45, 2.75) is 64.4 Å². The molecule has 0 aromatic heterocycles. The molecule has 1 aromatic carbocycles. The van der Waals surface area contributed by atoms with Crippen molar-refractivity contribution in [3.63, 3.8) is 0 Å². The standard InChI is InChI=1S/C22H28O5/c1-12(23)27-14-4-6-15-13(11-14)3-5-17-16(15)9-10-22(2)18(17)7-8-19(22)20(24)21(25)26/h4,6,11,16-20,24H,3,5,7-10H2,1-2H3,(H,25,26)/t16-,17-,18+,19-,20?,22+/m1/s1. The molecule has 6 atom stereocenters. The number of benzene rings is 1. The van der Waals surface area contributed by atoms with Crippen LogP contribution in [0.2, 0.25) is 0 Å². The van der Waals surface area contributed by atoms with Crippen molar-refractivity contribution in [1.82, 2.24) is 0 Å². The lowest BCUT2D eigenvalue weighted by atomic mass is 9.53. The van der Waals surface area contributed by atoms with Gasteiger partial charge in [0.2, 0.25) is 0 Å². The van der Waals surface area contributed by atoms with Crippen molar-refractivity contribution in [3.8, 4) is 5.75 Å². The highest BCUT2D eigenvalue weighted by molar-refractivity contribution is 5.72. The molecule has 0 radical (unpaired) electrons. The first-order chi connectivity index (χ1) is 12.8. The molecule has 1 aromatic rings. The summed E-state index contributed by atoms with van der Waals surface area (Å²) in [5.41, 5.74) is 2.55. The molecule has 0 aliphatic heterocycles. The molecule has 3 aliphatic rings. The number of hydrogen-bond donors (Lipinski definition) is 2. The summed E-state index contributed by atoms with van der Waals surface area (Å²) in [5.74, 6) is 0.582. The smallest absolute Gasteiger partial charge is 0.332 e. The van der Waals surface area contributed by atoms with E-state index in [0.717, 1.165) is 38.5 Å². The molecule has 5 heteroatoms. The number of rotatable bonds is 3. The number of fused-ring (bicyclic) bond motifs is 5. The number of aryl methyl sites for hydroxylation is 1. The summed E-state index contributed by atoms with van der Waals surface area (Å²) in [7, 11) is 0. The van der Waals surface area contributed by atoms with E-state index in [1.54, 1.807) is 0 Å². The van der Waals surface area contributed by atoms with E-state index in [0.29, 0.717) is 23.5 Å². The molecule has 0 bridgehead atoms. The van der Waals surface area contributed by atoms with E-state index < -0.39 is 12.1 Å². The summed E-state index contributed by atoms with van der Waals surface area (Å²) in [6.07, 6.45) is 4.59. The first kappa shape index (κ1) is 18.5. The number of ether oxygens (including phenoxy) is 1. The van der Waals surface area contributed by atoms with E-state index in [4.69, 9.17) is 4.74 Å². The van der Waals surface area contributed by atoms with Crippen LogP contribution in [0, 0.1) is 23.2 Å². The average molecular weight is 372 g/mol. The first-order valence-corrected chi connectivity index (χ1v) is 10.0. The number of carbonyl (C=O) groups is 2. The average Bonchev–Trinajstić information content (AvgIpc) is 2.97. The summed E-state index contributed by atoms with van der Waals surface area (Å²) in [5, 5.41) is 19.6. The van der Waals surface area contributed by atoms with Gasteiger partial charge in [0.05, 0.1) is 0 Å². The van der Waals surface area contributed by atoms with Crippen LogP contribution in [0.4, 0.5) is 0 Å². The van der Waals surface area contributed by atoms with Crippen LogP contribution >= 0.6 is 0 Å². The monoisotopic (exact) mass is 372 g/mol. The maximum absolute atomic E-state index is 11.4. The van der Waals surface area contributed by atoms with Gasteiger partial charge in [-0.3, -0.25) is 4.79 Å². The Labute approximate surface area is 159 Å². The highest BCUT2D eigenvalue weighted by Crippen LogP contribution is 2.63. The Morgan fingerprint density at radius 3 is 2.70 bits per heavy atom. The van der Waals surface area contributed by atoms with Gasteiger partial charge in [-0.2, -0.15) is 0 Å². The lowest BCUT2D eigenvalue weighted by molar-refractivity contribution is -0.153. The van der Waals surface area contributed by atoms with E-state index in [2.05, 4.69) is 13.0 Å². The fourth-order valence-corrected chi connectivity index (χ4v) is 6.52. The van der Waals surface area contributed by atoms with Crippen LogP contribution in [0.5, 0.6) is 5.75 Å². The molecule has 0 heterocycles. The molecule has 2 N–H and O–H groups in total. The Morgan fingerprint density at radius 1 is 1.22 bits per heavy atom. The van der Waals surface area contributed by atoms with Crippen LogP contribution in [0.3, 0.4) is 0 Å². The highest BCUT2D eigenvalue weighted by atomic mass is 16.5. The molecule has 4 rings (SSSR count). The molecular weight excluding hydrogens is 344 g/mol. The van der Waals surface area contributed by atoms with Gasteiger partial charge >= 0.3 is 11.9 Å². The van der Waals surface area contributed by atoms with Crippen molar-refractivity contribution < 1.29 is 24.5 Å². The van der Waals surface area contributed by atoms with Crippen LogP contribution in [0.1, 0.15) is 63.0 Å². The lowest BCUT2D eigenvalue weighted by Gasteiger charge is -2.51. The van der Waals surface area contributed by atoms with Gasteiger partial charge in [-0.1, -0.05) is 13.0 Å². The summed E-state index contributed by atoms with van der Waals surface area (Å²) in [6, 6.07) is 6.01. The van der Waals surface area contributed by atoms with Crippen LogP contribution in [0.25, 0.3) is 0 Å². The zero-order valence-corrected chi connectivity index (χ0v) is 16.0. The van der Waals surface area contributed by atoms with Crippen molar-refractivity contribution in [2.24, 2.45) is 23.2 Å². The maximum Gasteiger partial charge on any atom is 0.332 e. The van der Waals surface area contributed by atoms with Gasteiger partial charge in [0.1, 0.15) is 5.75 Å². The zero-order chi connectivity index (χ0) is 19.3. The van der Waals surface area contributed by atoms with Crippen LogP contribution < -0.4 is 4.74 Å². The van der Waals surface area contributed by atoms with Gasteiger partial charge in [-0.15, -0.1) is 0 Å². The van der Waals surface area contributed by atoms with Crippen molar-refractivity contribution in [2.75, 3.05) is 0 Å². The molecule has 27 heavy (non-hydrogen) atoms. The number of hydrogen-bond acceptors (Lipinski definition) is 4. The van der Waals surface area contributed by atoms with Gasteiger partial charge in [-0.25, -0.2) is 4.79 Å². The normalized spacial score (nSPS) is 35.5. The third kappa shape index (κ3) is 2.96. The Balaban J connectivity index is 1.60. The van der Waals surface area contributed by atoms with E-state index in [9.17, 15) is 19.8 Å². The van der Waals surface area contributed by atoms with Crippen molar-refractivity contribution in [1.29, 1.82) is 0 Å². The Kier molecular flexibility index (Phi) is 4.53. The molecule has 3 aliphatic carbocycles. The van der Waals surface area contributed by atoms with E-state index in [1.807, 2.05) is 12.1 Å². The molecular formula is C22H28O5. The molecule has 2 fully saturated rings. The number of aliphatic carboxylic acids is 1. The molecule has 0 saturated heterocycles. The maximum atomic E-state index is 11.4. The largest absolute Gasteiger partial charge is 0.479 e. The van der Waals surface area contributed by atoms with Crippen LogP contribution in [0.15, 0.2) is 18.2 Å². The highest BCUT2D eigenvalue weighted by Gasteiger charge is 2.57. The Morgan fingerprint density at radius 2 is 2.00 bits per heavy atom. The van der Waals surface area contributed by atoms with Crippen molar-refractivity contribution in [3.05, 3.63) is 29.3 Å². The van der Waals surface area contributed by atoms with Crippen molar-refractivity contribution >= 4 is 11.9 Å². The number of carbonyl (C=O) groups excluding carboxylic acids is 1. The minimum Gasteiger partial charge on any atom is -0.479 e. The second kappa shape index (κ2) is 6.62. The van der Waals surface area contributed by atoms with Crippen LogP contribution in [-0.4, -0.2) is 28.3 Å². The quantitative estimate of drug-likeness (QED) is 0.626. The molecule has 2 saturated carbocycles. The summed E-state index contributed by atoms with van der Waals surface area (Å²) in [6.45, 7) is 3.62. The third-order valence-electron chi connectivity index (χ3n) is 7.67. The number of aliphatic hydroxyl groups is 1. The van der Waals surface area contributed by atoms with Gasteiger partial charge in [0.25, 0.3) is 0 Å². The summed E-state index contributed by atoms with van der Waals surface area (Å²) >= 11 is 0. The SMILES string of the molecule is CC(=O)Oc1ccc2c(c1)CC[C@@H]1[C@@H]2CC[C@]2(C)[C@@H](C(O)C(=O)O)CC[C@@H]12. The predicted octanol–water partition coefficient (Wildman–Crippen LogP) is 3.53. The van der Waals surface area contributed by atoms with Gasteiger partial charge in [0.15, 0.2) is 6.10 Å². The van der Waals surface area contributed by atoms with Gasteiger partial charge < -0.3 is 14.9 Å². The number of aliphatic hydroxyl groups excluding tert-OH is 1. The zero-order valence-electron chi connectivity index (χ0n) is 16.0. The van der Waals surface area contributed by atoms with E-state index in [-0.39, 0.29) is 17.3 Å². The fraction of sp³-hybridized carbons (Fsp3) is 0.636. The Hall–Kier alpha value is -1.88.